The Kier molecular flexibility index (Phi) is 4.38. The van der Waals surface area contributed by atoms with Gasteiger partial charge < -0.3 is 24.2 Å². The van der Waals surface area contributed by atoms with Crippen molar-refractivity contribution in [2.75, 3.05) is 47.1 Å². The Bertz CT molecular complexity index is 617. The second-order valence-electron chi connectivity index (χ2n) is 6.06. The first-order valence-corrected chi connectivity index (χ1v) is 7.62. The third-order valence-corrected chi connectivity index (χ3v) is 3.93. The van der Waals surface area contributed by atoms with Crippen LogP contribution in [0.25, 0.3) is 0 Å². The van der Waals surface area contributed by atoms with Gasteiger partial charge in [0.15, 0.2) is 11.5 Å². The average Bonchev–Trinajstić information content (AvgIpc) is 2.96. The van der Waals surface area contributed by atoms with Crippen LogP contribution in [-0.4, -0.2) is 73.6 Å². The first-order chi connectivity index (χ1) is 11.0. The van der Waals surface area contributed by atoms with Crippen molar-refractivity contribution < 1.29 is 19.1 Å². The molecule has 124 valence electrons. The summed E-state index contributed by atoms with van der Waals surface area (Å²) in [5.41, 5.74) is 0.996. The van der Waals surface area contributed by atoms with Gasteiger partial charge in [0.25, 0.3) is 0 Å². The summed E-state index contributed by atoms with van der Waals surface area (Å²) in [6.07, 6.45) is 0. The van der Waals surface area contributed by atoms with Gasteiger partial charge in [-0.25, -0.2) is 0 Å². The molecule has 1 aromatic carbocycles. The summed E-state index contributed by atoms with van der Waals surface area (Å²) < 4.78 is 10.6. The molecule has 2 amide bonds. The molecule has 7 heteroatoms. The molecule has 1 saturated heterocycles. The average molecular weight is 319 g/mol. The number of hydrogen-bond acceptors (Lipinski definition) is 5. The third-order valence-electron chi connectivity index (χ3n) is 3.93. The highest BCUT2D eigenvalue weighted by atomic mass is 16.7. The minimum atomic E-state index is -0.0268. The lowest BCUT2D eigenvalue weighted by Crippen LogP contribution is -2.53. The van der Waals surface area contributed by atoms with Crippen molar-refractivity contribution in [3.05, 3.63) is 23.8 Å². The highest BCUT2D eigenvalue weighted by molar-refractivity contribution is 5.86. The minimum Gasteiger partial charge on any atom is -0.454 e. The van der Waals surface area contributed by atoms with Gasteiger partial charge in [-0.3, -0.25) is 9.59 Å². The quantitative estimate of drug-likeness (QED) is 0.790. The summed E-state index contributed by atoms with van der Waals surface area (Å²) in [5, 5.41) is 0. The van der Waals surface area contributed by atoms with Crippen molar-refractivity contribution in [1.82, 2.24) is 14.7 Å². The molecule has 0 atom stereocenters. The zero-order chi connectivity index (χ0) is 16.4. The molecule has 0 saturated carbocycles. The van der Waals surface area contributed by atoms with Crippen LogP contribution in [0.1, 0.15) is 5.56 Å². The standard InChI is InChI=1S/C16H21N3O4/c1-17(2)9-15(20)19-6-5-18(16(21)10-19)8-12-3-4-13-14(7-12)23-11-22-13/h3-4,7H,5-6,8-11H2,1-2H3. The van der Waals surface area contributed by atoms with Crippen LogP contribution in [0.5, 0.6) is 11.5 Å². The maximum absolute atomic E-state index is 12.3. The lowest BCUT2D eigenvalue weighted by atomic mass is 10.1. The first kappa shape index (κ1) is 15.6. The predicted molar refractivity (Wildman–Crippen MR) is 83.1 cm³/mol. The van der Waals surface area contributed by atoms with Crippen molar-refractivity contribution in [2.24, 2.45) is 0 Å². The molecule has 1 aromatic rings. The molecular weight excluding hydrogens is 298 g/mol. The fourth-order valence-electron chi connectivity index (χ4n) is 2.72. The number of nitrogens with zero attached hydrogens (tertiary/aromatic N) is 3. The first-order valence-electron chi connectivity index (χ1n) is 7.62. The molecule has 2 aliphatic rings. The molecule has 2 heterocycles. The number of fused-ring (bicyclic) bond motifs is 1. The van der Waals surface area contributed by atoms with Crippen LogP contribution in [0, 0.1) is 0 Å². The van der Waals surface area contributed by atoms with Gasteiger partial charge in [0, 0.05) is 19.6 Å². The van der Waals surface area contributed by atoms with Crippen LogP contribution in [0.4, 0.5) is 0 Å². The number of amides is 2. The maximum atomic E-state index is 12.3. The summed E-state index contributed by atoms with van der Waals surface area (Å²) in [4.78, 5) is 29.5. The summed E-state index contributed by atoms with van der Waals surface area (Å²) in [7, 11) is 3.69. The molecule has 2 aliphatic heterocycles. The summed E-state index contributed by atoms with van der Waals surface area (Å²) in [6.45, 7) is 2.36. The largest absolute Gasteiger partial charge is 0.454 e. The van der Waals surface area contributed by atoms with Crippen LogP contribution < -0.4 is 9.47 Å². The van der Waals surface area contributed by atoms with E-state index in [9.17, 15) is 9.59 Å². The van der Waals surface area contributed by atoms with Crippen molar-refractivity contribution in [2.45, 2.75) is 6.54 Å². The van der Waals surface area contributed by atoms with Crippen LogP contribution in [0.2, 0.25) is 0 Å². The van der Waals surface area contributed by atoms with Gasteiger partial charge in [-0.15, -0.1) is 0 Å². The molecule has 1 fully saturated rings. The Morgan fingerprint density at radius 1 is 1.22 bits per heavy atom. The summed E-state index contributed by atoms with van der Waals surface area (Å²) in [6, 6.07) is 5.70. The van der Waals surface area contributed by atoms with E-state index in [1.165, 1.54) is 0 Å². The molecule has 23 heavy (non-hydrogen) atoms. The van der Waals surface area contributed by atoms with Crippen molar-refractivity contribution >= 4 is 11.8 Å². The zero-order valence-corrected chi connectivity index (χ0v) is 13.4. The van der Waals surface area contributed by atoms with Gasteiger partial charge in [0.1, 0.15) is 0 Å². The van der Waals surface area contributed by atoms with E-state index in [1.807, 2.05) is 37.2 Å². The topological polar surface area (TPSA) is 62.3 Å². The highest BCUT2D eigenvalue weighted by Crippen LogP contribution is 2.32. The smallest absolute Gasteiger partial charge is 0.242 e. The van der Waals surface area contributed by atoms with Crippen LogP contribution in [-0.2, 0) is 16.1 Å². The lowest BCUT2D eigenvalue weighted by Gasteiger charge is -2.34. The molecule has 0 N–H and O–H groups in total. The Morgan fingerprint density at radius 2 is 2.00 bits per heavy atom. The van der Waals surface area contributed by atoms with E-state index in [2.05, 4.69) is 0 Å². The Morgan fingerprint density at radius 3 is 2.74 bits per heavy atom. The second kappa shape index (κ2) is 6.45. The van der Waals surface area contributed by atoms with Gasteiger partial charge in [0.05, 0.1) is 13.1 Å². The number of likely N-dealkylation sites (N-methyl/N-ethyl adjacent to an activating group) is 1. The van der Waals surface area contributed by atoms with Crippen molar-refractivity contribution in [3.63, 3.8) is 0 Å². The van der Waals surface area contributed by atoms with E-state index in [-0.39, 0.29) is 25.2 Å². The van der Waals surface area contributed by atoms with Crippen molar-refractivity contribution in [1.29, 1.82) is 0 Å². The monoisotopic (exact) mass is 319 g/mol. The number of hydrogen-bond donors (Lipinski definition) is 0. The van der Waals surface area contributed by atoms with Gasteiger partial charge in [-0.1, -0.05) is 6.07 Å². The molecule has 0 spiro atoms. The number of carbonyl (C=O) groups is 2. The molecule has 0 radical (unpaired) electrons. The fraction of sp³-hybridized carbons (Fsp3) is 0.500. The number of carbonyl (C=O) groups excluding carboxylic acids is 2. The fourth-order valence-corrected chi connectivity index (χ4v) is 2.72. The summed E-state index contributed by atoms with van der Waals surface area (Å²) >= 11 is 0. The highest BCUT2D eigenvalue weighted by Gasteiger charge is 2.27. The predicted octanol–water partition coefficient (Wildman–Crippen LogP) is 0.148. The SMILES string of the molecule is CN(C)CC(=O)N1CCN(Cc2ccc3c(c2)OCO3)C(=O)C1. The molecule has 0 bridgehead atoms. The van der Waals surface area contributed by atoms with E-state index < -0.39 is 0 Å². The van der Waals surface area contributed by atoms with Gasteiger partial charge >= 0.3 is 0 Å². The minimum absolute atomic E-state index is 0.00826. The van der Waals surface area contributed by atoms with Gasteiger partial charge in [-0.2, -0.15) is 0 Å². The molecule has 0 aromatic heterocycles. The molecule has 0 unspecified atom stereocenters. The molecule has 3 rings (SSSR count). The number of piperazine rings is 1. The Hall–Kier alpha value is -2.28. The Balaban J connectivity index is 1.58. The third kappa shape index (κ3) is 3.56. The van der Waals surface area contributed by atoms with Gasteiger partial charge in [-0.05, 0) is 31.8 Å². The van der Waals surface area contributed by atoms with Crippen molar-refractivity contribution in [3.8, 4) is 11.5 Å². The van der Waals surface area contributed by atoms with E-state index in [4.69, 9.17) is 9.47 Å². The number of ether oxygens (including phenoxy) is 2. The lowest BCUT2D eigenvalue weighted by molar-refractivity contribution is -0.146. The number of benzene rings is 1. The Labute approximate surface area is 135 Å². The maximum Gasteiger partial charge on any atom is 0.242 e. The summed E-state index contributed by atoms with van der Waals surface area (Å²) in [5.74, 6) is 1.42. The zero-order valence-electron chi connectivity index (χ0n) is 13.4. The van der Waals surface area contributed by atoms with E-state index in [0.717, 1.165) is 17.1 Å². The van der Waals surface area contributed by atoms with E-state index in [1.54, 1.807) is 9.80 Å². The van der Waals surface area contributed by atoms with E-state index in [0.29, 0.717) is 26.2 Å². The molecule has 0 aliphatic carbocycles. The van der Waals surface area contributed by atoms with Crippen LogP contribution >= 0.6 is 0 Å². The van der Waals surface area contributed by atoms with Gasteiger partial charge in [0.2, 0.25) is 18.6 Å². The number of rotatable bonds is 4. The molecule has 7 nitrogen and oxygen atoms in total. The van der Waals surface area contributed by atoms with Crippen LogP contribution in [0.3, 0.4) is 0 Å². The van der Waals surface area contributed by atoms with Crippen LogP contribution in [0.15, 0.2) is 18.2 Å². The molecular formula is C16H21N3O4. The normalized spacial score (nSPS) is 17.1. The second-order valence-corrected chi connectivity index (χ2v) is 6.06. The van der Waals surface area contributed by atoms with E-state index >= 15 is 0 Å².